The van der Waals surface area contributed by atoms with Gasteiger partial charge in [-0.1, -0.05) is 12.1 Å². The first-order chi connectivity index (χ1) is 12.1. The maximum absolute atomic E-state index is 12.3. The van der Waals surface area contributed by atoms with Crippen molar-refractivity contribution in [2.75, 3.05) is 26.7 Å². The van der Waals surface area contributed by atoms with Crippen LogP contribution in [0, 0.1) is 0 Å². The third kappa shape index (κ3) is 4.91. The first-order valence-electron chi connectivity index (χ1n) is 8.28. The van der Waals surface area contributed by atoms with Gasteiger partial charge in [-0.2, -0.15) is 4.98 Å². The molecule has 1 aromatic heterocycles. The summed E-state index contributed by atoms with van der Waals surface area (Å²) in [5.41, 5.74) is 0.451. The van der Waals surface area contributed by atoms with E-state index < -0.39 is 5.60 Å². The Morgan fingerprint density at radius 1 is 1.35 bits per heavy atom. The topological polar surface area (TPSA) is 96.4 Å². The van der Waals surface area contributed by atoms with Crippen molar-refractivity contribution in [2.45, 2.75) is 18.4 Å². The van der Waals surface area contributed by atoms with Gasteiger partial charge in [0.05, 0.1) is 12.7 Å². The Morgan fingerprint density at radius 2 is 2.12 bits per heavy atom. The van der Waals surface area contributed by atoms with E-state index in [1.165, 1.54) is 0 Å². The lowest BCUT2D eigenvalue weighted by Crippen LogP contribution is -2.52. The molecule has 1 unspecified atom stereocenters. The molecule has 3 rings (SSSR count). The number of β-amino-alcohol motifs (C(OH)–C–C–N with tert-alkyl or cyclic N) is 1. The maximum Gasteiger partial charge on any atom is 0.251 e. The number of methoxy groups -OCH3 is 1. The van der Waals surface area contributed by atoms with Crippen LogP contribution in [-0.2, 0) is 0 Å². The van der Waals surface area contributed by atoms with Gasteiger partial charge in [-0.15, -0.1) is 12.4 Å². The van der Waals surface area contributed by atoms with E-state index in [-0.39, 0.29) is 24.9 Å². The molecule has 1 amide bonds. The predicted octanol–water partition coefficient (Wildman–Crippen LogP) is 1.42. The van der Waals surface area contributed by atoms with Crippen molar-refractivity contribution in [3.63, 3.8) is 0 Å². The van der Waals surface area contributed by atoms with Crippen LogP contribution in [0.25, 0.3) is 11.4 Å². The summed E-state index contributed by atoms with van der Waals surface area (Å²) in [4.78, 5) is 20.8. The molecule has 1 aliphatic heterocycles. The van der Waals surface area contributed by atoms with Gasteiger partial charge < -0.3 is 20.5 Å². The van der Waals surface area contributed by atoms with Gasteiger partial charge in [0.1, 0.15) is 0 Å². The lowest BCUT2D eigenvalue weighted by Gasteiger charge is -2.32. The number of aromatic nitrogens is 2. The number of hydrogen-bond donors (Lipinski definition) is 3. The van der Waals surface area contributed by atoms with Crippen LogP contribution in [0.1, 0.15) is 23.2 Å². The third-order valence-corrected chi connectivity index (χ3v) is 4.27. The van der Waals surface area contributed by atoms with Gasteiger partial charge in [0.2, 0.25) is 5.88 Å². The van der Waals surface area contributed by atoms with E-state index in [9.17, 15) is 9.90 Å². The zero-order valence-corrected chi connectivity index (χ0v) is 15.4. The fourth-order valence-electron chi connectivity index (χ4n) is 2.82. The Hall–Kier alpha value is -2.22. The SMILES string of the molecule is COc1ccnc(-c2ccc(C(=O)NCC3(O)CCCNC3)cc2)n1.Cl. The summed E-state index contributed by atoms with van der Waals surface area (Å²) in [5, 5.41) is 16.4. The van der Waals surface area contributed by atoms with Crippen LogP contribution in [0.2, 0.25) is 0 Å². The van der Waals surface area contributed by atoms with E-state index in [1.807, 2.05) is 0 Å². The second-order valence-corrected chi connectivity index (χ2v) is 6.19. The van der Waals surface area contributed by atoms with Crippen LogP contribution < -0.4 is 15.4 Å². The van der Waals surface area contributed by atoms with Crippen LogP contribution in [0.15, 0.2) is 36.5 Å². The molecule has 1 aromatic carbocycles. The largest absolute Gasteiger partial charge is 0.481 e. The monoisotopic (exact) mass is 378 g/mol. The quantitative estimate of drug-likeness (QED) is 0.728. The molecule has 0 radical (unpaired) electrons. The second kappa shape index (κ2) is 8.93. The molecule has 0 spiro atoms. The molecule has 0 aliphatic carbocycles. The Labute approximate surface area is 158 Å². The highest BCUT2D eigenvalue weighted by Gasteiger charge is 2.29. The highest BCUT2D eigenvalue weighted by molar-refractivity contribution is 5.94. The molecule has 2 heterocycles. The normalized spacial score (nSPS) is 19.3. The van der Waals surface area contributed by atoms with Crippen molar-refractivity contribution >= 4 is 18.3 Å². The van der Waals surface area contributed by atoms with Gasteiger partial charge >= 0.3 is 0 Å². The van der Waals surface area contributed by atoms with Gasteiger partial charge in [-0.05, 0) is 31.5 Å². The van der Waals surface area contributed by atoms with Crippen LogP contribution in [-0.4, -0.2) is 53.3 Å². The number of hydrogen-bond acceptors (Lipinski definition) is 6. The Bertz CT molecular complexity index is 733. The summed E-state index contributed by atoms with van der Waals surface area (Å²) in [6.45, 7) is 1.64. The first kappa shape index (κ1) is 20.1. The zero-order valence-electron chi connectivity index (χ0n) is 14.6. The number of ether oxygens (including phenoxy) is 1. The second-order valence-electron chi connectivity index (χ2n) is 6.19. The van der Waals surface area contributed by atoms with Gasteiger partial charge in [0.15, 0.2) is 5.82 Å². The lowest BCUT2D eigenvalue weighted by molar-refractivity contribution is 0.0170. The minimum Gasteiger partial charge on any atom is -0.481 e. The molecular weight excluding hydrogens is 356 g/mol. The Morgan fingerprint density at radius 3 is 2.77 bits per heavy atom. The molecule has 26 heavy (non-hydrogen) atoms. The van der Waals surface area contributed by atoms with E-state index in [0.29, 0.717) is 30.2 Å². The summed E-state index contributed by atoms with van der Waals surface area (Å²) in [5.74, 6) is 0.812. The van der Waals surface area contributed by atoms with Crippen LogP contribution in [0.3, 0.4) is 0 Å². The number of halogens is 1. The lowest BCUT2D eigenvalue weighted by atomic mass is 9.94. The minimum atomic E-state index is -0.873. The summed E-state index contributed by atoms with van der Waals surface area (Å²) >= 11 is 0. The average molecular weight is 379 g/mol. The molecule has 1 atom stereocenters. The number of piperidine rings is 1. The summed E-state index contributed by atoms with van der Waals surface area (Å²) in [6.07, 6.45) is 3.22. The molecule has 8 heteroatoms. The van der Waals surface area contributed by atoms with E-state index >= 15 is 0 Å². The summed E-state index contributed by atoms with van der Waals surface area (Å²) in [7, 11) is 1.55. The van der Waals surface area contributed by atoms with Crippen molar-refractivity contribution in [3.05, 3.63) is 42.1 Å². The average Bonchev–Trinajstić information content (AvgIpc) is 2.67. The number of rotatable bonds is 5. The molecule has 2 aromatic rings. The van der Waals surface area contributed by atoms with Gasteiger partial charge in [0.25, 0.3) is 5.91 Å². The predicted molar refractivity (Wildman–Crippen MR) is 101 cm³/mol. The minimum absolute atomic E-state index is 0. The molecule has 140 valence electrons. The van der Waals surface area contributed by atoms with Crippen molar-refractivity contribution in [1.82, 2.24) is 20.6 Å². The molecule has 1 fully saturated rings. The Balaban J connectivity index is 0.00000243. The molecular formula is C18H23ClN4O3. The molecule has 0 bridgehead atoms. The Kier molecular flexibility index (Phi) is 6.90. The standard InChI is InChI=1S/C18H22N4O3.ClH/c1-25-15-7-10-20-16(22-15)13-3-5-14(6-4-13)17(23)21-12-18(24)8-2-9-19-11-18;/h3-7,10,19,24H,2,8-9,11-12H2,1H3,(H,21,23);1H. The maximum atomic E-state index is 12.3. The molecule has 1 aliphatic rings. The number of carbonyl (C=O) groups is 1. The molecule has 3 N–H and O–H groups in total. The number of nitrogens with zero attached hydrogens (tertiary/aromatic N) is 2. The summed E-state index contributed by atoms with van der Waals surface area (Å²) < 4.78 is 5.09. The highest BCUT2D eigenvalue weighted by atomic mass is 35.5. The molecule has 1 saturated heterocycles. The fraction of sp³-hybridized carbons (Fsp3) is 0.389. The number of nitrogens with one attached hydrogen (secondary N) is 2. The van der Waals surface area contributed by atoms with Crippen molar-refractivity contribution in [3.8, 4) is 17.3 Å². The number of benzene rings is 1. The van der Waals surface area contributed by atoms with Crippen molar-refractivity contribution in [1.29, 1.82) is 0 Å². The van der Waals surface area contributed by atoms with Crippen molar-refractivity contribution < 1.29 is 14.6 Å². The first-order valence-corrected chi connectivity index (χ1v) is 8.28. The number of amides is 1. The fourth-order valence-corrected chi connectivity index (χ4v) is 2.82. The van der Waals surface area contributed by atoms with Crippen LogP contribution in [0.5, 0.6) is 5.88 Å². The van der Waals surface area contributed by atoms with Crippen LogP contribution in [0.4, 0.5) is 0 Å². The van der Waals surface area contributed by atoms with Gasteiger partial charge in [0, 0.05) is 36.5 Å². The molecule has 0 saturated carbocycles. The van der Waals surface area contributed by atoms with E-state index in [1.54, 1.807) is 43.6 Å². The number of carbonyl (C=O) groups excluding carboxylic acids is 1. The zero-order chi connectivity index (χ0) is 17.7. The smallest absolute Gasteiger partial charge is 0.251 e. The van der Waals surface area contributed by atoms with E-state index in [2.05, 4.69) is 20.6 Å². The van der Waals surface area contributed by atoms with Gasteiger partial charge in [-0.3, -0.25) is 4.79 Å². The third-order valence-electron chi connectivity index (χ3n) is 4.27. The number of aliphatic hydroxyl groups is 1. The van der Waals surface area contributed by atoms with Gasteiger partial charge in [-0.25, -0.2) is 4.98 Å². The highest BCUT2D eigenvalue weighted by Crippen LogP contribution is 2.18. The van der Waals surface area contributed by atoms with E-state index in [4.69, 9.17) is 4.74 Å². The van der Waals surface area contributed by atoms with Crippen LogP contribution >= 0.6 is 12.4 Å². The summed E-state index contributed by atoms with van der Waals surface area (Å²) in [6, 6.07) is 8.70. The van der Waals surface area contributed by atoms with Crippen molar-refractivity contribution in [2.24, 2.45) is 0 Å². The molecule has 7 nitrogen and oxygen atoms in total. The van der Waals surface area contributed by atoms with E-state index in [0.717, 1.165) is 18.5 Å².